The minimum Gasteiger partial charge on any atom is -0.454 e. The second-order valence-corrected chi connectivity index (χ2v) is 8.64. The highest BCUT2D eigenvalue weighted by molar-refractivity contribution is 7.92. The number of ketones is 1. The van der Waals surface area contributed by atoms with Crippen LogP contribution in [-0.2, 0) is 28.9 Å². The van der Waals surface area contributed by atoms with Gasteiger partial charge in [0, 0.05) is 19.8 Å². The van der Waals surface area contributed by atoms with Crippen LogP contribution in [0.4, 0.5) is 11.5 Å². The zero-order chi connectivity index (χ0) is 24.3. The molecular formula is C21H20N4O7S. The maximum absolute atomic E-state index is 12.5. The number of anilines is 2. The number of carbonyl (C=O) groups excluding carboxylic acids is 2. The van der Waals surface area contributed by atoms with Crippen LogP contribution in [-0.4, -0.2) is 35.9 Å². The third-order valence-electron chi connectivity index (χ3n) is 4.75. The van der Waals surface area contributed by atoms with Crippen LogP contribution in [0.3, 0.4) is 0 Å². The average molecular weight is 472 g/mol. The van der Waals surface area contributed by atoms with Gasteiger partial charge in [-0.1, -0.05) is 18.2 Å². The molecule has 0 aliphatic carbocycles. The molecule has 0 aliphatic heterocycles. The second kappa shape index (κ2) is 9.12. The van der Waals surface area contributed by atoms with Crippen LogP contribution in [0.15, 0.2) is 69.1 Å². The van der Waals surface area contributed by atoms with Gasteiger partial charge in [-0.05, 0) is 36.4 Å². The number of hydrogen-bond acceptors (Lipinski definition) is 8. The Kier molecular flexibility index (Phi) is 6.49. The molecule has 11 nitrogen and oxygen atoms in total. The number of nitrogens with zero attached hydrogens (tertiary/aromatic N) is 2. The molecule has 33 heavy (non-hydrogen) atoms. The van der Waals surface area contributed by atoms with Crippen LogP contribution in [0.1, 0.15) is 20.7 Å². The van der Waals surface area contributed by atoms with E-state index in [1.165, 1.54) is 38.4 Å². The molecule has 0 atom stereocenters. The zero-order valence-corrected chi connectivity index (χ0v) is 18.5. The summed E-state index contributed by atoms with van der Waals surface area (Å²) in [5.74, 6) is -2.14. The molecule has 3 N–H and O–H groups in total. The summed E-state index contributed by atoms with van der Waals surface area (Å²) in [7, 11) is -1.39. The second-order valence-electron chi connectivity index (χ2n) is 6.96. The van der Waals surface area contributed by atoms with Crippen molar-refractivity contribution in [3.05, 3.63) is 86.6 Å². The predicted molar refractivity (Wildman–Crippen MR) is 120 cm³/mol. The fourth-order valence-electron chi connectivity index (χ4n) is 2.90. The average Bonchev–Trinajstić information content (AvgIpc) is 2.80. The Bertz CT molecular complexity index is 1440. The molecule has 12 heteroatoms. The van der Waals surface area contributed by atoms with Crippen molar-refractivity contribution in [3.8, 4) is 0 Å². The Balaban J connectivity index is 1.71. The summed E-state index contributed by atoms with van der Waals surface area (Å²) in [6, 6.07) is 13.2. The summed E-state index contributed by atoms with van der Waals surface area (Å²) in [6.07, 6.45) is 0. The van der Waals surface area contributed by atoms with Gasteiger partial charge in [0.05, 0.1) is 10.5 Å². The molecule has 0 radical (unpaired) electrons. The number of nitrogens with two attached hydrogens (primary N) is 1. The highest BCUT2D eigenvalue weighted by Crippen LogP contribution is 2.17. The van der Waals surface area contributed by atoms with Gasteiger partial charge in [-0.15, -0.1) is 0 Å². The first-order valence-electron chi connectivity index (χ1n) is 9.46. The lowest BCUT2D eigenvalue weighted by molar-refractivity contribution is 0.0474. The molecule has 3 aromatic rings. The van der Waals surface area contributed by atoms with Gasteiger partial charge >= 0.3 is 11.7 Å². The summed E-state index contributed by atoms with van der Waals surface area (Å²) < 4.78 is 33.9. The van der Waals surface area contributed by atoms with Crippen molar-refractivity contribution in [2.75, 3.05) is 17.1 Å². The van der Waals surface area contributed by atoms with E-state index in [2.05, 4.69) is 4.72 Å². The standard InChI is InChI=1S/C21H20N4O7S/c1-24-18(22)17(19(27)25(2)21(24)29)16(26)12-32-20(28)13-8-10-15(11-9-13)33(30,31)23-14-6-4-3-5-7-14/h3-11,23H,12,22H2,1-2H3. The summed E-state index contributed by atoms with van der Waals surface area (Å²) >= 11 is 0. The lowest BCUT2D eigenvalue weighted by atomic mass is 10.2. The van der Waals surface area contributed by atoms with Crippen molar-refractivity contribution >= 4 is 33.3 Å². The number of benzene rings is 2. The van der Waals surface area contributed by atoms with E-state index in [-0.39, 0.29) is 16.3 Å². The van der Waals surface area contributed by atoms with Crippen LogP contribution < -0.4 is 21.7 Å². The van der Waals surface area contributed by atoms with Crippen molar-refractivity contribution in [3.63, 3.8) is 0 Å². The first-order chi connectivity index (χ1) is 15.5. The molecule has 0 aliphatic rings. The maximum atomic E-state index is 12.5. The summed E-state index contributed by atoms with van der Waals surface area (Å²) in [5.41, 5.74) is 3.99. The van der Waals surface area contributed by atoms with Gasteiger partial charge in [-0.2, -0.15) is 0 Å². The summed E-state index contributed by atoms with van der Waals surface area (Å²) in [5, 5.41) is 0. The Labute approximate surface area is 188 Å². The van der Waals surface area contributed by atoms with Gasteiger partial charge in [0.15, 0.2) is 6.61 Å². The number of esters is 1. The number of nitrogen functional groups attached to an aromatic ring is 1. The fraction of sp³-hybridized carbons (Fsp3) is 0.143. The number of Topliss-reactive ketones (excluding diaryl/α,β-unsaturated/α-hetero) is 1. The Morgan fingerprint density at radius 2 is 1.58 bits per heavy atom. The maximum Gasteiger partial charge on any atom is 0.338 e. The van der Waals surface area contributed by atoms with Gasteiger partial charge < -0.3 is 10.5 Å². The van der Waals surface area contributed by atoms with Crippen molar-refractivity contribution in [1.82, 2.24) is 9.13 Å². The number of rotatable bonds is 7. The van der Waals surface area contributed by atoms with E-state index in [1.807, 2.05) is 0 Å². The SMILES string of the molecule is Cn1c(N)c(C(=O)COC(=O)c2ccc(S(=O)(=O)Nc3ccccc3)cc2)c(=O)n(C)c1=O. The Morgan fingerprint density at radius 3 is 2.18 bits per heavy atom. The number of hydrogen-bond donors (Lipinski definition) is 2. The van der Waals surface area contributed by atoms with Crippen molar-refractivity contribution < 1.29 is 22.7 Å². The number of aromatic nitrogens is 2. The number of nitrogens with one attached hydrogen (secondary N) is 1. The lowest BCUT2D eigenvalue weighted by Crippen LogP contribution is -2.42. The van der Waals surface area contributed by atoms with Crippen LogP contribution in [0.25, 0.3) is 0 Å². The Morgan fingerprint density at radius 1 is 0.970 bits per heavy atom. The first-order valence-corrected chi connectivity index (χ1v) is 10.9. The molecule has 0 unspecified atom stereocenters. The van der Waals surface area contributed by atoms with Crippen LogP contribution in [0.5, 0.6) is 0 Å². The van der Waals surface area contributed by atoms with Crippen LogP contribution >= 0.6 is 0 Å². The van der Waals surface area contributed by atoms with Crippen molar-refractivity contribution in [2.45, 2.75) is 4.90 Å². The third-order valence-corrected chi connectivity index (χ3v) is 6.15. The molecular weight excluding hydrogens is 452 g/mol. The number of para-hydroxylation sites is 1. The topological polar surface area (TPSA) is 160 Å². The molecule has 2 aromatic carbocycles. The molecule has 0 amide bonds. The van der Waals surface area contributed by atoms with Crippen molar-refractivity contribution in [2.24, 2.45) is 14.1 Å². The minimum atomic E-state index is -3.87. The number of sulfonamides is 1. The normalized spacial score (nSPS) is 11.1. The van der Waals surface area contributed by atoms with Crippen molar-refractivity contribution in [1.29, 1.82) is 0 Å². The summed E-state index contributed by atoms with van der Waals surface area (Å²) in [6.45, 7) is -0.800. The molecule has 0 fully saturated rings. The molecule has 0 saturated heterocycles. The highest BCUT2D eigenvalue weighted by Gasteiger charge is 2.22. The molecule has 3 rings (SSSR count). The van der Waals surface area contributed by atoms with Gasteiger partial charge in [0.25, 0.3) is 15.6 Å². The van der Waals surface area contributed by atoms with Gasteiger partial charge in [-0.25, -0.2) is 18.0 Å². The monoisotopic (exact) mass is 472 g/mol. The molecule has 0 saturated carbocycles. The van der Waals surface area contributed by atoms with Gasteiger partial charge in [-0.3, -0.25) is 23.4 Å². The molecule has 0 bridgehead atoms. The van der Waals surface area contributed by atoms with E-state index in [9.17, 15) is 27.6 Å². The fourth-order valence-corrected chi connectivity index (χ4v) is 3.96. The highest BCUT2D eigenvalue weighted by atomic mass is 32.2. The van der Waals surface area contributed by atoms with E-state index in [1.54, 1.807) is 30.3 Å². The molecule has 1 heterocycles. The van der Waals surface area contributed by atoms with Gasteiger partial charge in [0.2, 0.25) is 5.78 Å². The predicted octanol–water partition coefficient (Wildman–Crippen LogP) is 0.507. The molecule has 172 valence electrons. The number of carbonyl (C=O) groups is 2. The number of ether oxygens (including phenoxy) is 1. The van der Waals surface area contributed by atoms with Gasteiger partial charge in [0.1, 0.15) is 11.4 Å². The molecule has 1 aromatic heterocycles. The van der Waals surface area contributed by atoms with Crippen LogP contribution in [0, 0.1) is 0 Å². The third kappa shape index (κ3) is 4.85. The van der Waals surface area contributed by atoms with E-state index in [0.717, 1.165) is 4.57 Å². The van der Waals surface area contributed by atoms with E-state index in [0.29, 0.717) is 10.3 Å². The van der Waals surface area contributed by atoms with E-state index < -0.39 is 45.2 Å². The first kappa shape index (κ1) is 23.5. The van der Waals surface area contributed by atoms with Crippen LogP contribution in [0.2, 0.25) is 0 Å². The minimum absolute atomic E-state index is 0.0113. The molecule has 0 spiro atoms. The quantitative estimate of drug-likeness (QED) is 0.371. The summed E-state index contributed by atoms with van der Waals surface area (Å²) in [4.78, 5) is 48.7. The van der Waals surface area contributed by atoms with E-state index in [4.69, 9.17) is 10.5 Å². The zero-order valence-electron chi connectivity index (χ0n) is 17.6. The van der Waals surface area contributed by atoms with E-state index >= 15 is 0 Å². The Hall–Kier alpha value is -4.19. The smallest absolute Gasteiger partial charge is 0.338 e. The largest absolute Gasteiger partial charge is 0.454 e. The lowest BCUT2D eigenvalue weighted by Gasteiger charge is -2.11.